The number of halogens is 1. The molecule has 0 aliphatic heterocycles. The van der Waals surface area contributed by atoms with Crippen LogP contribution in [0.15, 0.2) is 70.2 Å². The lowest BCUT2D eigenvalue weighted by atomic mass is 10.1. The van der Waals surface area contributed by atoms with Gasteiger partial charge in [0.15, 0.2) is 0 Å². The second kappa shape index (κ2) is 9.00. The molecule has 32 heavy (non-hydrogen) atoms. The highest BCUT2D eigenvalue weighted by atomic mass is 19.1. The minimum absolute atomic E-state index is 0.110. The largest absolute Gasteiger partial charge is 0.478 e. The molecule has 10 nitrogen and oxygen atoms in total. The fraction of sp³-hybridized carbons (Fsp3) is 0.0476. The molecule has 2 N–H and O–H groups in total. The van der Waals surface area contributed by atoms with Gasteiger partial charge >= 0.3 is 5.97 Å². The van der Waals surface area contributed by atoms with Crippen molar-refractivity contribution in [3.05, 3.63) is 77.8 Å². The maximum absolute atomic E-state index is 13.0. The van der Waals surface area contributed by atoms with Crippen molar-refractivity contribution in [2.45, 2.75) is 6.54 Å². The predicted molar refractivity (Wildman–Crippen MR) is 110 cm³/mol. The van der Waals surface area contributed by atoms with Gasteiger partial charge in [0.05, 0.1) is 11.8 Å². The van der Waals surface area contributed by atoms with Gasteiger partial charge < -0.3 is 9.52 Å². The molecule has 0 saturated carbocycles. The van der Waals surface area contributed by atoms with E-state index in [0.717, 1.165) is 4.80 Å². The number of aromatic carboxylic acids is 1. The number of carbonyl (C=O) groups excluding carboxylic acids is 1. The van der Waals surface area contributed by atoms with Crippen molar-refractivity contribution in [2.75, 3.05) is 0 Å². The summed E-state index contributed by atoms with van der Waals surface area (Å²) in [5, 5.41) is 24.8. The zero-order valence-electron chi connectivity index (χ0n) is 16.3. The first-order valence-corrected chi connectivity index (χ1v) is 9.28. The van der Waals surface area contributed by atoms with E-state index in [9.17, 15) is 19.1 Å². The summed E-state index contributed by atoms with van der Waals surface area (Å²) in [6.45, 7) is -0.235. The van der Waals surface area contributed by atoms with E-state index in [0.29, 0.717) is 22.6 Å². The molecule has 0 bridgehead atoms. The predicted octanol–water partition coefficient (Wildman–Crippen LogP) is 2.59. The molecular weight excluding hydrogens is 419 g/mol. The molecule has 1 amide bonds. The van der Waals surface area contributed by atoms with Crippen LogP contribution in [0, 0.1) is 5.82 Å². The topological polar surface area (TPSA) is 136 Å². The van der Waals surface area contributed by atoms with E-state index in [2.05, 4.69) is 25.9 Å². The molecule has 11 heteroatoms. The Morgan fingerprint density at radius 3 is 2.69 bits per heavy atom. The highest BCUT2D eigenvalue weighted by molar-refractivity contribution is 5.95. The Morgan fingerprint density at radius 2 is 1.91 bits per heavy atom. The highest BCUT2D eigenvalue weighted by Crippen LogP contribution is 2.25. The van der Waals surface area contributed by atoms with Crippen molar-refractivity contribution >= 4 is 18.1 Å². The number of hydrazone groups is 1. The SMILES string of the molecule is O=C(Cn1nnc(-c2ccc(F)cc2)n1)N/N=C\c1ccc(-c2ccccc2C(=O)O)o1. The molecular formula is C21H15FN6O4. The molecule has 2 aromatic carbocycles. The Bertz CT molecular complexity index is 1300. The van der Waals surface area contributed by atoms with Crippen LogP contribution in [0.25, 0.3) is 22.7 Å². The number of carboxylic acids is 1. The van der Waals surface area contributed by atoms with E-state index in [-0.39, 0.29) is 23.7 Å². The number of amides is 1. The van der Waals surface area contributed by atoms with Crippen molar-refractivity contribution in [1.29, 1.82) is 0 Å². The Hall–Kier alpha value is -4.67. The monoisotopic (exact) mass is 434 g/mol. The summed E-state index contributed by atoms with van der Waals surface area (Å²) in [6, 6.07) is 15.2. The van der Waals surface area contributed by atoms with Gasteiger partial charge in [-0.1, -0.05) is 18.2 Å². The summed E-state index contributed by atoms with van der Waals surface area (Å²) in [5.74, 6) is -1.02. The number of hydrogen-bond donors (Lipinski definition) is 2. The van der Waals surface area contributed by atoms with Crippen LogP contribution >= 0.6 is 0 Å². The minimum atomic E-state index is -1.07. The van der Waals surface area contributed by atoms with Crippen molar-refractivity contribution in [3.63, 3.8) is 0 Å². The Kier molecular flexibility index (Phi) is 5.79. The number of carbonyl (C=O) groups is 2. The molecule has 0 spiro atoms. The average Bonchev–Trinajstić information content (AvgIpc) is 3.44. The smallest absolute Gasteiger partial charge is 0.336 e. The summed E-state index contributed by atoms with van der Waals surface area (Å²) >= 11 is 0. The summed E-state index contributed by atoms with van der Waals surface area (Å²) in [6.07, 6.45) is 1.28. The third-order valence-electron chi connectivity index (χ3n) is 4.27. The lowest BCUT2D eigenvalue weighted by Gasteiger charge is -2.01. The number of tetrazole rings is 1. The average molecular weight is 434 g/mol. The number of benzene rings is 2. The fourth-order valence-corrected chi connectivity index (χ4v) is 2.81. The lowest BCUT2D eigenvalue weighted by Crippen LogP contribution is -2.24. The molecule has 0 fully saturated rings. The van der Waals surface area contributed by atoms with Gasteiger partial charge in [0.1, 0.15) is 23.9 Å². The molecule has 0 saturated heterocycles. The first-order chi connectivity index (χ1) is 15.5. The lowest BCUT2D eigenvalue weighted by molar-refractivity contribution is -0.122. The number of furan rings is 1. The number of rotatable bonds is 7. The van der Waals surface area contributed by atoms with E-state index >= 15 is 0 Å². The van der Waals surface area contributed by atoms with Gasteiger partial charge in [0.25, 0.3) is 5.91 Å². The first kappa shape index (κ1) is 20.6. The summed E-state index contributed by atoms with van der Waals surface area (Å²) in [4.78, 5) is 24.5. The van der Waals surface area contributed by atoms with Crippen molar-refractivity contribution in [1.82, 2.24) is 25.6 Å². The Balaban J connectivity index is 1.36. The quantitative estimate of drug-likeness (QED) is 0.337. The third-order valence-corrected chi connectivity index (χ3v) is 4.27. The number of aromatic nitrogens is 4. The highest BCUT2D eigenvalue weighted by Gasteiger charge is 2.14. The van der Waals surface area contributed by atoms with Crippen molar-refractivity contribution in [3.8, 4) is 22.7 Å². The zero-order valence-corrected chi connectivity index (χ0v) is 16.3. The maximum atomic E-state index is 13.0. The fourth-order valence-electron chi connectivity index (χ4n) is 2.81. The molecule has 0 unspecified atom stereocenters. The molecule has 0 aliphatic carbocycles. The number of carboxylic acid groups (broad SMARTS) is 1. The van der Waals surface area contributed by atoms with Gasteiger partial charge in [-0.3, -0.25) is 4.79 Å². The molecule has 0 radical (unpaired) electrons. The van der Waals surface area contributed by atoms with E-state index in [4.69, 9.17) is 4.42 Å². The number of nitrogens with zero attached hydrogens (tertiary/aromatic N) is 5. The van der Waals surface area contributed by atoms with E-state index in [1.807, 2.05) is 0 Å². The standard InChI is InChI=1S/C21H15FN6O4/c22-14-7-5-13(6-8-14)20-25-27-28(26-20)12-19(29)24-23-11-15-9-10-18(32-15)16-3-1-2-4-17(16)21(30)31/h1-11H,12H2,(H,24,29)(H,30,31)/b23-11-. The second-order valence-corrected chi connectivity index (χ2v) is 6.50. The van der Waals surface area contributed by atoms with Crippen LogP contribution in [0.1, 0.15) is 16.1 Å². The van der Waals surface area contributed by atoms with Gasteiger partial charge in [-0.15, -0.1) is 10.2 Å². The van der Waals surface area contributed by atoms with Crippen LogP contribution in [0.5, 0.6) is 0 Å². The summed E-state index contributed by atoms with van der Waals surface area (Å²) in [7, 11) is 0. The van der Waals surface area contributed by atoms with Crippen LogP contribution in [-0.4, -0.2) is 43.4 Å². The second-order valence-electron chi connectivity index (χ2n) is 6.50. The molecule has 0 atom stereocenters. The van der Waals surface area contributed by atoms with Gasteiger partial charge in [-0.2, -0.15) is 9.90 Å². The summed E-state index contributed by atoms with van der Waals surface area (Å²) in [5.41, 5.74) is 3.42. The van der Waals surface area contributed by atoms with Crippen LogP contribution < -0.4 is 5.43 Å². The van der Waals surface area contributed by atoms with Crippen LogP contribution in [0.2, 0.25) is 0 Å². The number of nitrogens with one attached hydrogen (secondary N) is 1. The van der Waals surface area contributed by atoms with E-state index < -0.39 is 11.9 Å². The van der Waals surface area contributed by atoms with Gasteiger partial charge in [0.2, 0.25) is 5.82 Å². The third kappa shape index (κ3) is 4.73. The van der Waals surface area contributed by atoms with Crippen LogP contribution in [0.3, 0.4) is 0 Å². The molecule has 2 aromatic heterocycles. The van der Waals surface area contributed by atoms with Gasteiger partial charge in [-0.25, -0.2) is 14.6 Å². The van der Waals surface area contributed by atoms with Crippen molar-refractivity contribution < 1.29 is 23.5 Å². The zero-order chi connectivity index (χ0) is 22.5. The molecule has 0 aliphatic rings. The summed E-state index contributed by atoms with van der Waals surface area (Å²) < 4.78 is 18.6. The molecule has 4 aromatic rings. The van der Waals surface area contributed by atoms with Gasteiger partial charge in [-0.05, 0) is 47.7 Å². The maximum Gasteiger partial charge on any atom is 0.336 e. The molecule has 4 rings (SSSR count). The first-order valence-electron chi connectivity index (χ1n) is 9.28. The van der Waals surface area contributed by atoms with E-state index in [1.165, 1.54) is 36.5 Å². The van der Waals surface area contributed by atoms with Crippen molar-refractivity contribution in [2.24, 2.45) is 5.10 Å². The van der Waals surface area contributed by atoms with Crippen LogP contribution in [-0.2, 0) is 11.3 Å². The molecule has 2 heterocycles. The molecule has 160 valence electrons. The number of hydrogen-bond acceptors (Lipinski definition) is 7. The Labute approximate surface area is 180 Å². The Morgan fingerprint density at radius 1 is 1.12 bits per heavy atom. The normalized spacial score (nSPS) is 11.0. The van der Waals surface area contributed by atoms with Crippen LogP contribution in [0.4, 0.5) is 4.39 Å². The van der Waals surface area contributed by atoms with Gasteiger partial charge in [0, 0.05) is 11.1 Å². The minimum Gasteiger partial charge on any atom is -0.478 e. The van der Waals surface area contributed by atoms with E-state index in [1.54, 1.807) is 30.3 Å².